The maximum Gasteiger partial charge on any atom is 0.434 e. The van der Waals surface area contributed by atoms with Gasteiger partial charge in [0.2, 0.25) is 0 Å². The fraction of sp³-hybridized carbons (Fsp3) is 0.400. The van der Waals surface area contributed by atoms with E-state index in [1.807, 2.05) is 19.1 Å². The second-order valence-electron chi connectivity index (χ2n) is 6.59. The molecule has 0 aliphatic heterocycles. The van der Waals surface area contributed by atoms with Crippen molar-refractivity contribution in [3.05, 3.63) is 51.6 Å². The number of thiazole rings is 1. The molecule has 3 aromatic rings. The number of nitrogens with one attached hydrogen (secondary N) is 3. The number of aryl methyl sites for hydroxylation is 1. The normalized spacial score (nSPS) is 12.1. The highest BCUT2D eigenvalue weighted by atomic mass is 127. The first-order valence-corrected chi connectivity index (χ1v) is 10.4. The Kier molecular flexibility index (Phi) is 8.95. The Morgan fingerprint density at radius 2 is 1.97 bits per heavy atom. The van der Waals surface area contributed by atoms with Crippen LogP contribution in [0.4, 0.5) is 13.2 Å². The second kappa shape index (κ2) is 11.0. The van der Waals surface area contributed by atoms with Gasteiger partial charge in [-0.3, -0.25) is 4.99 Å². The molecule has 3 N–H and O–H groups in total. The Morgan fingerprint density at radius 3 is 2.67 bits per heavy atom. The molecule has 3 rings (SSSR count). The summed E-state index contributed by atoms with van der Waals surface area (Å²) in [5, 5.41) is 9.16. The minimum Gasteiger partial charge on any atom is -0.358 e. The molecule has 0 fully saturated rings. The zero-order chi connectivity index (χ0) is 20.9. The van der Waals surface area contributed by atoms with Gasteiger partial charge in [0.1, 0.15) is 0 Å². The van der Waals surface area contributed by atoms with Crippen LogP contribution in [0.25, 0.3) is 10.9 Å². The van der Waals surface area contributed by atoms with Gasteiger partial charge in [0.05, 0.1) is 5.01 Å². The van der Waals surface area contributed by atoms with E-state index in [9.17, 15) is 13.2 Å². The van der Waals surface area contributed by atoms with E-state index in [-0.39, 0.29) is 24.0 Å². The van der Waals surface area contributed by atoms with Crippen molar-refractivity contribution in [2.75, 3.05) is 19.6 Å². The summed E-state index contributed by atoms with van der Waals surface area (Å²) in [6, 6.07) is 8.21. The summed E-state index contributed by atoms with van der Waals surface area (Å²) in [4.78, 5) is 11.5. The molecule has 0 spiro atoms. The van der Waals surface area contributed by atoms with Crippen LogP contribution in [-0.2, 0) is 19.0 Å². The number of hydrogen-bond donors (Lipinski definition) is 3. The van der Waals surface area contributed by atoms with Crippen molar-refractivity contribution in [1.82, 2.24) is 20.6 Å². The van der Waals surface area contributed by atoms with Crippen molar-refractivity contribution in [2.24, 2.45) is 4.99 Å². The van der Waals surface area contributed by atoms with Crippen LogP contribution < -0.4 is 10.6 Å². The van der Waals surface area contributed by atoms with Gasteiger partial charge in [-0.25, -0.2) is 4.98 Å². The Morgan fingerprint density at radius 1 is 1.20 bits per heavy atom. The van der Waals surface area contributed by atoms with Crippen LogP contribution in [0.15, 0.2) is 34.6 Å². The first-order valence-electron chi connectivity index (χ1n) is 9.48. The maximum atomic E-state index is 12.6. The van der Waals surface area contributed by atoms with E-state index >= 15 is 0 Å². The van der Waals surface area contributed by atoms with Crippen LogP contribution in [0.1, 0.15) is 28.9 Å². The van der Waals surface area contributed by atoms with Gasteiger partial charge in [0.25, 0.3) is 0 Å². The molecule has 2 heterocycles. The lowest BCUT2D eigenvalue weighted by Crippen LogP contribution is -2.38. The molecule has 5 nitrogen and oxygen atoms in total. The molecule has 1 aromatic carbocycles. The average Bonchev–Trinajstić information content (AvgIpc) is 3.26. The first kappa shape index (κ1) is 24.4. The number of aromatic nitrogens is 2. The molecule has 30 heavy (non-hydrogen) atoms. The van der Waals surface area contributed by atoms with E-state index in [1.54, 1.807) is 0 Å². The third kappa shape index (κ3) is 6.34. The lowest BCUT2D eigenvalue weighted by molar-refractivity contribution is -0.140. The third-order valence-corrected chi connectivity index (χ3v) is 5.39. The highest BCUT2D eigenvalue weighted by molar-refractivity contribution is 14.0. The summed E-state index contributed by atoms with van der Waals surface area (Å²) in [7, 11) is 0. The molecular formula is C20H25F3IN5S. The summed E-state index contributed by atoms with van der Waals surface area (Å²) in [5.41, 5.74) is 2.72. The number of aliphatic imine (C=N–C) groups is 1. The van der Waals surface area contributed by atoms with E-state index in [4.69, 9.17) is 0 Å². The monoisotopic (exact) mass is 551 g/mol. The largest absolute Gasteiger partial charge is 0.434 e. The van der Waals surface area contributed by atoms with E-state index < -0.39 is 11.9 Å². The molecule has 0 saturated heterocycles. The van der Waals surface area contributed by atoms with Gasteiger partial charge in [-0.2, -0.15) is 13.2 Å². The molecule has 2 aromatic heterocycles. The van der Waals surface area contributed by atoms with Gasteiger partial charge in [0.15, 0.2) is 11.7 Å². The molecule has 0 amide bonds. The Labute approximate surface area is 194 Å². The van der Waals surface area contributed by atoms with Crippen LogP contribution in [0, 0.1) is 6.92 Å². The molecule has 0 unspecified atom stereocenters. The number of benzene rings is 1. The van der Waals surface area contributed by atoms with Crippen LogP contribution in [0.3, 0.4) is 0 Å². The third-order valence-electron chi connectivity index (χ3n) is 4.48. The molecule has 164 valence electrons. The number of halogens is 4. The van der Waals surface area contributed by atoms with E-state index in [0.717, 1.165) is 34.3 Å². The Balaban J connectivity index is 0.00000320. The molecule has 0 saturated carbocycles. The smallest absolute Gasteiger partial charge is 0.358 e. The van der Waals surface area contributed by atoms with E-state index in [1.165, 1.54) is 10.9 Å². The predicted octanol–water partition coefficient (Wildman–Crippen LogP) is 4.91. The van der Waals surface area contributed by atoms with Crippen LogP contribution in [0.5, 0.6) is 0 Å². The van der Waals surface area contributed by atoms with Gasteiger partial charge in [-0.15, -0.1) is 35.3 Å². The molecule has 0 atom stereocenters. The second-order valence-corrected chi connectivity index (χ2v) is 7.53. The van der Waals surface area contributed by atoms with Crippen LogP contribution in [0.2, 0.25) is 0 Å². The van der Waals surface area contributed by atoms with Crippen molar-refractivity contribution in [2.45, 2.75) is 32.9 Å². The molecule has 10 heteroatoms. The molecule has 0 radical (unpaired) electrons. The summed E-state index contributed by atoms with van der Waals surface area (Å²) in [6.07, 6.45) is -3.18. The number of para-hydroxylation sites is 1. The summed E-state index contributed by atoms with van der Waals surface area (Å²) in [6.45, 7) is 5.80. The number of hydrogen-bond acceptors (Lipinski definition) is 3. The van der Waals surface area contributed by atoms with Crippen LogP contribution in [-0.4, -0.2) is 35.6 Å². The number of fused-ring (bicyclic) bond motifs is 1. The number of H-pyrrole nitrogens is 1. The number of nitrogens with zero attached hydrogens (tertiary/aromatic N) is 2. The van der Waals surface area contributed by atoms with Crippen molar-refractivity contribution < 1.29 is 13.2 Å². The zero-order valence-electron chi connectivity index (χ0n) is 16.8. The summed E-state index contributed by atoms with van der Waals surface area (Å²) in [5.74, 6) is 0.651. The van der Waals surface area contributed by atoms with Gasteiger partial charge < -0.3 is 15.6 Å². The summed E-state index contributed by atoms with van der Waals surface area (Å²) >= 11 is 1.02. The number of guanidine groups is 1. The topological polar surface area (TPSA) is 65.1 Å². The van der Waals surface area contributed by atoms with Crippen molar-refractivity contribution in [1.29, 1.82) is 0 Å². The number of rotatable bonds is 7. The first-order chi connectivity index (χ1) is 13.9. The lowest BCUT2D eigenvalue weighted by atomic mass is 10.1. The van der Waals surface area contributed by atoms with Gasteiger partial charge >= 0.3 is 6.18 Å². The number of alkyl halides is 3. The van der Waals surface area contributed by atoms with Gasteiger partial charge in [-0.05, 0) is 31.9 Å². The minimum atomic E-state index is -4.39. The highest BCUT2D eigenvalue weighted by Gasteiger charge is 2.33. The Hall–Kier alpha value is -1.82. The minimum absolute atomic E-state index is 0. The van der Waals surface area contributed by atoms with Gasteiger partial charge in [-0.1, -0.05) is 18.2 Å². The van der Waals surface area contributed by atoms with E-state index in [2.05, 4.69) is 44.7 Å². The average molecular weight is 551 g/mol. The standard InChI is InChI=1S/C20H24F3N5S.HI/c1-3-24-19(26-11-9-18-28-17(12-29-18)20(21,22)23)25-10-8-14-13(2)27-16-7-5-4-6-15(14)16;/h4-7,12,27H,3,8-11H2,1-2H3,(H2,24,25,26);1H. The fourth-order valence-electron chi connectivity index (χ4n) is 3.12. The number of aromatic amines is 1. The van der Waals surface area contributed by atoms with E-state index in [0.29, 0.717) is 37.0 Å². The fourth-order valence-corrected chi connectivity index (χ4v) is 3.92. The zero-order valence-corrected chi connectivity index (χ0v) is 19.9. The molecule has 0 aliphatic rings. The SMILES string of the molecule is CCNC(=NCCc1nc(C(F)(F)F)cs1)NCCc1c(C)[nH]c2ccccc12.I. The quantitative estimate of drug-likeness (QED) is 0.222. The maximum absolute atomic E-state index is 12.6. The Bertz CT molecular complexity index is 980. The van der Waals surface area contributed by atoms with Gasteiger partial charge in [0, 0.05) is 48.0 Å². The van der Waals surface area contributed by atoms with Crippen molar-refractivity contribution in [3.8, 4) is 0 Å². The van der Waals surface area contributed by atoms with Crippen molar-refractivity contribution in [3.63, 3.8) is 0 Å². The molecule has 0 bridgehead atoms. The molecular weight excluding hydrogens is 526 g/mol. The predicted molar refractivity (Wildman–Crippen MR) is 127 cm³/mol. The lowest BCUT2D eigenvalue weighted by Gasteiger charge is -2.11. The van der Waals surface area contributed by atoms with Crippen molar-refractivity contribution >= 4 is 52.2 Å². The highest BCUT2D eigenvalue weighted by Crippen LogP contribution is 2.30. The summed E-state index contributed by atoms with van der Waals surface area (Å²) < 4.78 is 37.9. The van der Waals surface area contributed by atoms with Crippen LogP contribution >= 0.6 is 35.3 Å². The molecule has 0 aliphatic carbocycles.